The van der Waals surface area contributed by atoms with Crippen LogP contribution >= 0.6 is 11.3 Å². The van der Waals surface area contributed by atoms with Gasteiger partial charge in [-0.15, -0.1) is 11.3 Å². The number of nitrogens with zero attached hydrogens (tertiary/aromatic N) is 2. The number of carbonyl (C=O) groups is 1. The van der Waals surface area contributed by atoms with Crippen molar-refractivity contribution in [3.05, 3.63) is 57.9 Å². The first kappa shape index (κ1) is 15.0. The summed E-state index contributed by atoms with van der Waals surface area (Å²) in [5, 5.41) is 5.29. The molecule has 24 heavy (non-hydrogen) atoms. The van der Waals surface area contributed by atoms with Gasteiger partial charge in [-0.25, -0.2) is 9.78 Å². The quantitative estimate of drug-likeness (QED) is 0.734. The van der Waals surface area contributed by atoms with Gasteiger partial charge in [0.1, 0.15) is 6.04 Å². The van der Waals surface area contributed by atoms with Crippen molar-refractivity contribution >= 4 is 34.3 Å². The van der Waals surface area contributed by atoms with E-state index in [0.29, 0.717) is 12.2 Å². The van der Waals surface area contributed by atoms with E-state index in [1.54, 1.807) is 11.3 Å². The van der Waals surface area contributed by atoms with Crippen LogP contribution in [-0.2, 0) is 9.53 Å². The van der Waals surface area contributed by atoms with Gasteiger partial charge in [-0.2, -0.15) is 0 Å². The van der Waals surface area contributed by atoms with E-state index in [1.807, 2.05) is 55.6 Å². The highest BCUT2D eigenvalue weighted by atomic mass is 32.1. The predicted octanol–water partition coefficient (Wildman–Crippen LogP) is 3.95. The van der Waals surface area contributed by atoms with E-state index in [0.717, 1.165) is 27.6 Å². The molecule has 2 aromatic heterocycles. The molecule has 1 aliphatic rings. The van der Waals surface area contributed by atoms with E-state index >= 15 is 0 Å². The second kappa shape index (κ2) is 5.79. The summed E-state index contributed by atoms with van der Waals surface area (Å²) in [6.45, 7) is 4.07. The Morgan fingerprint density at radius 3 is 2.92 bits per heavy atom. The first-order valence-corrected chi connectivity index (χ1v) is 8.74. The molecule has 0 saturated heterocycles. The third-order valence-corrected chi connectivity index (χ3v) is 5.06. The standard InChI is InChI=1S/C18H17N3O2S/c1-3-23-17(22)15-11(2)19-18-20-12-7-4-5-8-13(12)21(18)16(15)14-9-6-10-24-14/h4-10,16H,3H2,1-2H3,(H,19,20)/t16-/m0/s1. The van der Waals surface area contributed by atoms with Gasteiger partial charge in [0.25, 0.3) is 0 Å². The summed E-state index contributed by atoms with van der Waals surface area (Å²) in [5.41, 5.74) is 3.32. The van der Waals surface area contributed by atoms with E-state index in [9.17, 15) is 4.79 Å². The summed E-state index contributed by atoms with van der Waals surface area (Å²) in [4.78, 5) is 18.4. The van der Waals surface area contributed by atoms with Crippen LogP contribution in [0.3, 0.4) is 0 Å². The van der Waals surface area contributed by atoms with E-state index in [4.69, 9.17) is 4.74 Å². The number of para-hydroxylation sites is 2. The summed E-state index contributed by atoms with van der Waals surface area (Å²) >= 11 is 1.63. The lowest BCUT2D eigenvalue weighted by Crippen LogP contribution is -2.28. The summed E-state index contributed by atoms with van der Waals surface area (Å²) < 4.78 is 7.40. The van der Waals surface area contributed by atoms with Gasteiger partial charge >= 0.3 is 5.97 Å². The molecule has 4 rings (SSSR count). The Balaban J connectivity index is 1.97. The highest BCUT2D eigenvalue weighted by Gasteiger charge is 2.35. The van der Waals surface area contributed by atoms with Crippen LogP contribution in [0.25, 0.3) is 11.0 Å². The van der Waals surface area contributed by atoms with Crippen molar-refractivity contribution in [2.24, 2.45) is 0 Å². The Morgan fingerprint density at radius 1 is 1.33 bits per heavy atom. The van der Waals surface area contributed by atoms with Gasteiger partial charge in [0.05, 0.1) is 23.2 Å². The van der Waals surface area contributed by atoms with Crippen LogP contribution in [0.5, 0.6) is 0 Å². The molecule has 0 bridgehead atoms. The molecule has 0 amide bonds. The fraction of sp³-hybridized carbons (Fsp3) is 0.222. The highest BCUT2D eigenvalue weighted by molar-refractivity contribution is 7.10. The highest BCUT2D eigenvalue weighted by Crippen LogP contribution is 2.40. The number of thiophene rings is 1. The predicted molar refractivity (Wildman–Crippen MR) is 95.1 cm³/mol. The van der Waals surface area contributed by atoms with Crippen LogP contribution in [0.4, 0.5) is 5.95 Å². The van der Waals surface area contributed by atoms with Crippen molar-refractivity contribution in [2.45, 2.75) is 19.9 Å². The van der Waals surface area contributed by atoms with E-state index in [1.165, 1.54) is 0 Å². The van der Waals surface area contributed by atoms with Gasteiger partial charge in [0, 0.05) is 10.6 Å². The lowest BCUT2D eigenvalue weighted by atomic mass is 10.0. The van der Waals surface area contributed by atoms with Gasteiger partial charge in [-0.05, 0) is 37.4 Å². The Bertz CT molecular complexity index is 940. The van der Waals surface area contributed by atoms with Crippen molar-refractivity contribution < 1.29 is 9.53 Å². The number of allylic oxidation sites excluding steroid dienone is 1. The van der Waals surface area contributed by atoms with Crippen molar-refractivity contribution in [3.63, 3.8) is 0 Å². The SMILES string of the molecule is CCOC(=O)C1=C(C)Nc2nc3ccccc3n2[C@H]1c1cccs1. The molecule has 3 aromatic rings. The number of fused-ring (bicyclic) bond motifs is 3. The number of ether oxygens (including phenoxy) is 1. The first-order valence-electron chi connectivity index (χ1n) is 7.86. The number of anilines is 1. The number of hydrogen-bond donors (Lipinski definition) is 1. The second-order valence-corrected chi connectivity index (χ2v) is 6.58. The molecule has 3 heterocycles. The molecule has 0 spiro atoms. The average Bonchev–Trinajstić information content (AvgIpc) is 3.21. The third-order valence-electron chi connectivity index (χ3n) is 4.14. The summed E-state index contributed by atoms with van der Waals surface area (Å²) in [6.07, 6.45) is 0. The van der Waals surface area contributed by atoms with Crippen LogP contribution in [0.1, 0.15) is 24.8 Å². The maximum absolute atomic E-state index is 12.6. The minimum absolute atomic E-state index is 0.229. The third kappa shape index (κ3) is 2.22. The molecular formula is C18H17N3O2S. The van der Waals surface area contributed by atoms with Crippen molar-refractivity contribution in [1.82, 2.24) is 9.55 Å². The average molecular weight is 339 g/mol. The maximum atomic E-state index is 12.6. The lowest BCUT2D eigenvalue weighted by Gasteiger charge is -2.29. The Labute approximate surface area is 143 Å². The topological polar surface area (TPSA) is 56.1 Å². The largest absolute Gasteiger partial charge is 0.463 e. The molecule has 0 unspecified atom stereocenters. The second-order valence-electron chi connectivity index (χ2n) is 5.60. The molecule has 6 heteroatoms. The van der Waals surface area contributed by atoms with Gasteiger partial charge < -0.3 is 10.1 Å². The molecule has 1 atom stereocenters. The van der Waals surface area contributed by atoms with Crippen molar-refractivity contribution in [2.75, 3.05) is 11.9 Å². The number of imidazole rings is 1. The first-order chi connectivity index (χ1) is 11.7. The van der Waals surface area contributed by atoms with Gasteiger partial charge in [0.2, 0.25) is 5.95 Å². The molecule has 5 nitrogen and oxygen atoms in total. The minimum atomic E-state index is -0.288. The fourth-order valence-electron chi connectivity index (χ4n) is 3.15. The molecule has 0 saturated carbocycles. The van der Waals surface area contributed by atoms with Crippen LogP contribution in [0.2, 0.25) is 0 Å². The zero-order chi connectivity index (χ0) is 16.7. The van der Waals surface area contributed by atoms with Crippen molar-refractivity contribution in [3.8, 4) is 0 Å². The number of nitrogens with one attached hydrogen (secondary N) is 1. The van der Waals surface area contributed by atoms with E-state index in [-0.39, 0.29) is 12.0 Å². The molecule has 122 valence electrons. The fourth-order valence-corrected chi connectivity index (χ4v) is 3.98. The number of benzene rings is 1. The molecule has 1 aromatic carbocycles. The molecule has 0 aliphatic carbocycles. The van der Waals surface area contributed by atoms with Gasteiger partial charge in [-0.1, -0.05) is 18.2 Å². The Kier molecular flexibility index (Phi) is 3.61. The monoisotopic (exact) mass is 339 g/mol. The van der Waals surface area contributed by atoms with Crippen molar-refractivity contribution in [1.29, 1.82) is 0 Å². The molecule has 1 N–H and O–H groups in total. The molecular weight excluding hydrogens is 322 g/mol. The molecule has 1 aliphatic heterocycles. The smallest absolute Gasteiger partial charge is 0.338 e. The normalized spacial score (nSPS) is 16.8. The molecule has 0 radical (unpaired) electrons. The number of rotatable bonds is 3. The van der Waals surface area contributed by atoms with Gasteiger partial charge in [-0.3, -0.25) is 4.57 Å². The van der Waals surface area contributed by atoms with Gasteiger partial charge in [0.15, 0.2) is 0 Å². The Hall–Kier alpha value is -2.60. The number of esters is 1. The number of aromatic nitrogens is 2. The zero-order valence-corrected chi connectivity index (χ0v) is 14.3. The summed E-state index contributed by atoms with van der Waals surface area (Å²) in [7, 11) is 0. The van der Waals surface area contributed by atoms with E-state index in [2.05, 4.69) is 14.9 Å². The summed E-state index contributed by atoms with van der Waals surface area (Å²) in [6, 6.07) is 11.8. The number of hydrogen-bond acceptors (Lipinski definition) is 5. The minimum Gasteiger partial charge on any atom is -0.463 e. The zero-order valence-electron chi connectivity index (χ0n) is 13.4. The Morgan fingerprint density at radius 2 is 2.17 bits per heavy atom. The summed E-state index contributed by atoms with van der Waals surface area (Å²) in [5.74, 6) is 0.462. The lowest BCUT2D eigenvalue weighted by molar-refractivity contribution is -0.139. The van der Waals surface area contributed by atoms with Crippen LogP contribution in [0, 0.1) is 0 Å². The maximum Gasteiger partial charge on any atom is 0.338 e. The van der Waals surface area contributed by atoms with Crippen LogP contribution in [0.15, 0.2) is 53.0 Å². The number of carbonyl (C=O) groups excluding carboxylic acids is 1. The van der Waals surface area contributed by atoms with E-state index < -0.39 is 0 Å². The van der Waals surface area contributed by atoms with Crippen LogP contribution in [-0.4, -0.2) is 22.1 Å². The van der Waals surface area contributed by atoms with Crippen LogP contribution < -0.4 is 5.32 Å². The molecule has 0 fully saturated rings.